The number of benzene rings is 1. The number of alkyl halides is 3. The first-order valence-electron chi connectivity index (χ1n) is 5.38. The molecular formula is C12H11F3N2OS. The predicted octanol–water partition coefficient (Wildman–Crippen LogP) is 3.11. The lowest BCUT2D eigenvalue weighted by molar-refractivity contribution is -0.0328. The Morgan fingerprint density at radius 1 is 1.26 bits per heavy atom. The number of hydrogen-bond donors (Lipinski definition) is 1. The van der Waals surface area contributed by atoms with Crippen molar-refractivity contribution in [3.63, 3.8) is 0 Å². The van der Waals surface area contributed by atoms with Gasteiger partial charge in [-0.3, -0.25) is 0 Å². The fourth-order valence-electron chi connectivity index (χ4n) is 1.64. The highest BCUT2D eigenvalue weighted by molar-refractivity contribution is 8.00. The van der Waals surface area contributed by atoms with E-state index in [-0.39, 0.29) is 16.7 Å². The predicted molar refractivity (Wildman–Crippen MR) is 65.6 cm³/mol. The number of nitrogens with zero attached hydrogens (tertiary/aromatic N) is 2. The number of thioether (sulfide) groups is 1. The summed E-state index contributed by atoms with van der Waals surface area (Å²) in [4.78, 5) is 4.09. The molecule has 0 aliphatic rings. The zero-order valence-electron chi connectivity index (χ0n) is 9.93. The van der Waals surface area contributed by atoms with Crippen molar-refractivity contribution in [2.45, 2.75) is 16.5 Å². The minimum absolute atomic E-state index is 0.0864. The number of aromatic nitrogens is 2. The SMILES string of the molecule is Cn1ccnc1C(O)c1ccc(SC(F)(F)F)cc1. The van der Waals surface area contributed by atoms with Crippen LogP contribution in [-0.4, -0.2) is 20.2 Å². The maximum absolute atomic E-state index is 12.2. The summed E-state index contributed by atoms with van der Waals surface area (Å²) in [6.07, 6.45) is 2.28. The molecule has 7 heteroatoms. The standard InChI is InChI=1S/C12H11F3N2OS/c1-17-7-6-16-11(17)10(18)8-2-4-9(5-3-8)19-12(13,14)15/h2-7,10,18H,1H3. The van der Waals surface area contributed by atoms with Crippen molar-refractivity contribution >= 4 is 11.8 Å². The smallest absolute Gasteiger partial charge is 0.380 e. The first-order valence-corrected chi connectivity index (χ1v) is 6.19. The van der Waals surface area contributed by atoms with E-state index in [4.69, 9.17) is 0 Å². The normalized spacial score (nSPS) is 13.5. The average molecular weight is 288 g/mol. The number of hydrogen-bond acceptors (Lipinski definition) is 3. The van der Waals surface area contributed by atoms with Crippen LogP contribution in [-0.2, 0) is 7.05 Å². The molecule has 1 unspecified atom stereocenters. The summed E-state index contributed by atoms with van der Waals surface area (Å²) in [5.74, 6) is 0.441. The van der Waals surface area contributed by atoms with Gasteiger partial charge < -0.3 is 9.67 Å². The molecule has 2 rings (SSSR count). The third kappa shape index (κ3) is 3.51. The third-order valence-corrected chi connectivity index (χ3v) is 3.27. The van der Waals surface area contributed by atoms with Crippen LogP contribution in [0.15, 0.2) is 41.6 Å². The summed E-state index contributed by atoms with van der Waals surface area (Å²) < 4.78 is 38.2. The van der Waals surface area contributed by atoms with Crippen LogP contribution in [0, 0.1) is 0 Å². The van der Waals surface area contributed by atoms with Gasteiger partial charge in [-0.1, -0.05) is 12.1 Å². The molecule has 1 aromatic carbocycles. The second kappa shape index (κ2) is 5.26. The molecule has 3 nitrogen and oxygen atoms in total. The summed E-state index contributed by atoms with van der Waals surface area (Å²) in [7, 11) is 1.74. The van der Waals surface area contributed by atoms with E-state index in [9.17, 15) is 18.3 Å². The zero-order valence-corrected chi connectivity index (χ0v) is 10.7. The number of aryl methyl sites for hydroxylation is 1. The van der Waals surface area contributed by atoms with E-state index in [0.717, 1.165) is 0 Å². The largest absolute Gasteiger partial charge is 0.446 e. The van der Waals surface area contributed by atoms with Crippen LogP contribution >= 0.6 is 11.8 Å². The van der Waals surface area contributed by atoms with Crippen molar-refractivity contribution < 1.29 is 18.3 Å². The highest BCUT2D eigenvalue weighted by atomic mass is 32.2. The molecule has 0 radical (unpaired) electrons. The maximum atomic E-state index is 12.2. The Balaban J connectivity index is 2.17. The first-order chi connectivity index (χ1) is 8.87. The van der Waals surface area contributed by atoms with Crippen molar-refractivity contribution in [1.82, 2.24) is 9.55 Å². The summed E-state index contributed by atoms with van der Waals surface area (Å²) >= 11 is -0.181. The Morgan fingerprint density at radius 2 is 1.89 bits per heavy atom. The highest BCUT2D eigenvalue weighted by Crippen LogP contribution is 2.37. The molecular weight excluding hydrogens is 277 g/mol. The first kappa shape index (κ1) is 14.0. The van der Waals surface area contributed by atoms with Crippen LogP contribution in [0.4, 0.5) is 13.2 Å². The fraction of sp³-hybridized carbons (Fsp3) is 0.250. The van der Waals surface area contributed by atoms with E-state index in [2.05, 4.69) is 4.98 Å². The van der Waals surface area contributed by atoms with Crippen LogP contribution in [0.5, 0.6) is 0 Å². The Kier molecular flexibility index (Phi) is 3.86. The van der Waals surface area contributed by atoms with Gasteiger partial charge in [0.2, 0.25) is 0 Å². The molecule has 1 N–H and O–H groups in total. The Bertz CT molecular complexity index is 551. The second-order valence-electron chi connectivity index (χ2n) is 3.92. The number of imidazole rings is 1. The van der Waals surface area contributed by atoms with Crippen LogP contribution in [0.1, 0.15) is 17.5 Å². The molecule has 0 amide bonds. The summed E-state index contributed by atoms with van der Waals surface area (Å²) in [5, 5.41) is 10.1. The molecule has 1 heterocycles. The molecule has 0 aliphatic heterocycles. The number of aliphatic hydroxyl groups excluding tert-OH is 1. The van der Waals surface area contributed by atoms with Gasteiger partial charge in [-0.05, 0) is 29.5 Å². The molecule has 19 heavy (non-hydrogen) atoms. The zero-order chi connectivity index (χ0) is 14.0. The van der Waals surface area contributed by atoms with Gasteiger partial charge in [0.05, 0.1) is 0 Å². The number of aliphatic hydroxyl groups is 1. The summed E-state index contributed by atoms with van der Waals surface area (Å²) in [6, 6.07) is 5.60. The van der Waals surface area contributed by atoms with Crippen molar-refractivity contribution in [1.29, 1.82) is 0 Å². The lowest BCUT2D eigenvalue weighted by Gasteiger charge is -2.12. The third-order valence-electron chi connectivity index (χ3n) is 2.53. The lowest BCUT2D eigenvalue weighted by Crippen LogP contribution is -2.07. The highest BCUT2D eigenvalue weighted by Gasteiger charge is 2.29. The van der Waals surface area contributed by atoms with Crippen molar-refractivity contribution in [3.05, 3.63) is 48.0 Å². The summed E-state index contributed by atoms with van der Waals surface area (Å²) in [6.45, 7) is 0. The van der Waals surface area contributed by atoms with Crippen LogP contribution < -0.4 is 0 Å². The van der Waals surface area contributed by atoms with Crippen molar-refractivity contribution in [3.8, 4) is 0 Å². The molecule has 0 bridgehead atoms. The van der Waals surface area contributed by atoms with E-state index in [0.29, 0.717) is 11.4 Å². The average Bonchev–Trinajstić information content (AvgIpc) is 2.73. The van der Waals surface area contributed by atoms with Gasteiger partial charge >= 0.3 is 5.51 Å². The van der Waals surface area contributed by atoms with E-state index in [1.54, 1.807) is 24.0 Å². The maximum Gasteiger partial charge on any atom is 0.446 e. The van der Waals surface area contributed by atoms with Crippen molar-refractivity contribution in [2.24, 2.45) is 7.05 Å². The molecule has 2 aromatic rings. The molecule has 102 valence electrons. The minimum Gasteiger partial charge on any atom is -0.380 e. The second-order valence-corrected chi connectivity index (χ2v) is 5.05. The summed E-state index contributed by atoms with van der Waals surface area (Å²) in [5.41, 5.74) is -3.80. The van der Waals surface area contributed by atoms with E-state index < -0.39 is 11.6 Å². The van der Waals surface area contributed by atoms with Crippen molar-refractivity contribution in [2.75, 3.05) is 0 Å². The quantitative estimate of drug-likeness (QED) is 0.882. The Morgan fingerprint density at radius 3 is 2.37 bits per heavy atom. The Hall–Kier alpha value is -1.47. The van der Waals surface area contributed by atoms with Gasteiger partial charge in [0.15, 0.2) is 0 Å². The van der Waals surface area contributed by atoms with Gasteiger partial charge in [-0.2, -0.15) is 13.2 Å². The van der Waals surface area contributed by atoms with Gasteiger partial charge in [0, 0.05) is 24.3 Å². The number of halogens is 3. The van der Waals surface area contributed by atoms with E-state index >= 15 is 0 Å². The molecule has 0 fully saturated rings. The van der Waals surface area contributed by atoms with Crippen LogP contribution in [0.25, 0.3) is 0 Å². The van der Waals surface area contributed by atoms with E-state index in [1.165, 1.54) is 24.3 Å². The van der Waals surface area contributed by atoms with Gasteiger partial charge in [-0.25, -0.2) is 4.98 Å². The van der Waals surface area contributed by atoms with Gasteiger partial charge in [0.25, 0.3) is 0 Å². The molecule has 1 aromatic heterocycles. The molecule has 1 atom stereocenters. The lowest BCUT2D eigenvalue weighted by atomic mass is 10.1. The van der Waals surface area contributed by atoms with Crippen LogP contribution in [0.3, 0.4) is 0 Å². The Labute approximate surface area is 112 Å². The van der Waals surface area contributed by atoms with Crippen LogP contribution in [0.2, 0.25) is 0 Å². The molecule has 0 spiro atoms. The monoisotopic (exact) mass is 288 g/mol. The minimum atomic E-state index is -4.31. The van der Waals surface area contributed by atoms with Gasteiger partial charge in [0.1, 0.15) is 11.9 Å². The van der Waals surface area contributed by atoms with Gasteiger partial charge in [-0.15, -0.1) is 0 Å². The molecule has 0 saturated heterocycles. The topological polar surface area (TPSA) is 38.0 Å². The molecule has 0 saturated carbocycles. The number of rotatable bonds is 3. The molecule has 0 aliphatic carbocycles. The fourth-order valence-corrected chi connectivity index (χ4v) is 2.18. The van der Waals surface area contributed by atoms with E-state index in [1.807, 2.05) is 0 Å².